The molecule has 0 aromatic carbocycles. The summed E-state index contributed by atoms with van der Waals surface area (Å²) in [5.74, 6) is 0.811. The van der Waals surface area contributed by atoms with Crippen LogP contribution >= 0.6 is 0 Å². The minimum atomic E-state index is -0.498. The number of fused-ring (bicyclic) bond motifs is 1. The van der Waals surface area contributed by atoms with E-state index in [9.17, 15) is 9.59 Å². The SMILES string of the molecule is CN1C(=O)C2=NC(C3CCC3)=NC2N(C)C1=O. The Kier molecular flexibility index (Phi) is 2.08. The minimum absolute atomic E-state index is 0.322. The van der Waals surface area contributed by atoms with E-state index < -0.39 is 6.17 Å². The largest absolute Gasteiger partial charge is 0.328 e. The average Bonchev–Trinajstić information content (AvgIpc) is 2.66. The van der Waals surface area contributed by atoms with Crippen LogP contribution in [0, 0.1) is 5.92 Å². The highest BCUT2D eigenvalue weighted by Gasteiger charge is 2.44. The number of amides is 3. The van der Waals surface area contributed by atoms with Crippen LogP contribution in [0.5, 0.6) is 0 Å². The van der Waals surface area contributed by atoms with Crippen LogP contribution in [0.2, 0.25) is 0 Å². The van der Waals surface area contributed by atoms with Crippen molar-refractivity contribution >= 4 is 23.5 Å². The highest BCUT2D eigenvalue weighted by atomic mass is 16.2. The van der Waals surface area contributed by atoms with Crippen LogP contribution < -0.4 is 0 Å². The lowest BCUT2D eigenvalue weighted by atomic mass is 9.84. The van der Waals surface area contributed by atoms with Crippen molar-refractivity contribution in [2.24, 2.45) is 15.9 Å². The molecule has 0 N–H and O–H groups in total. The van der Waals surface area contributed by atoms with Gasteiger partial charge in [-0.05, 0) is 12.8 Å². The lowest BCUT2D eigenvalue weighted by Gasteiger charge is -2.32. The van der Waals surface area contributed by atoms with Gasteiger partial charge in [-0.15, -0.1) is 0 Å². The van der Waals surface area contributed by atoms with E-state index in [1.54, 1.807) is 7.05 Å². The van der Waals surface area contributed by atoms with E-state index in [2.05, 4.69) is 9.98 Å². The third-order valence-corrected chi connectivity index (χ3v) is 3.68. The Morgan fingerprint density at radius 2 is 1.94 bits per heavy atom. The van der Waals surface area contributed by atoms with Crippen LogP contribution in [0.3, 0.4) is 0 Å². The van der Waals surface area contributed by atoms with E-state index in [0.717, 1.165) is 23.6 Å². The molecular formula is C11H14N4O2. The van der Waals surface area contributed by atoms with Gasteiger partial charge in [-0.3, -0.25) is 14.6 Å². The molecule has 6 heteroatoms. The first-order valence-electron chi connectivity index (χ1n) is 5.80. The lowest BCUT2D eigenvalue weighted by molar-refractivity contribution is -0.122. The predicted octanol–water partition coefficient (Wildman–Crippen LogP) is 0.490. The number of imide groups is 1. The Balaban J connectivity index is 1.94. The van der Waals surface area contributed by atoms with E-state index in [-0.39, 0.29) is 11.9 Å². The molecule has 2 heterocycles. The molecule has 1 atom stereocenters. The molecule has 1 saturated carbocycles. The van der Waals surface area contributed by atoms with Gasteiger partial charge in [0.1, 0.15) is 5.84 Å². The summed E-state index contributed by atoms with van der Waals surface area (Å²) in [5.41, 5.74) is 0.386. The molecule has 1 unspecified atom stereocenters. The van der Waals surface area contributed by atoms with E-state index in [1.165, 1.54) is 18.4 Å². The summed E-state index contributed by atoms with van der Waals surface area (Å²) in [4.78, 5) is 35.0. The molecular weight excluding hydrogens is 220 g/mol. The van der Waals surface area contributed by atoms with Gasteiger partial charge in [0.2, 0.25) is 0 Å². The number of carbonyl (C=O) groups excluding carboxylic acids is 2. The molecule has 2 aliphatic heterocycles. The fraction of sp³-hybridized carbons (Fsp3) is 0.636. The molecule has 0 spiro atoms. The Hall–Kier alpha value is -1.72. The zero-order valence-corrected chi connectivity index (χ0v) is 9.88. The van der Waals surface area contributed by atoms with Crippen molar-refractivity contribution in [3.63, 3.8) is 0 Å². The van der Waals surface area contributed by atoms with Gasteiger partial charge in [0, 0.05) is 20.0 Å². The third-order valence-electron chi connectivity index (χ3n) is 3.68. The van der Waals surface area contributed by atoms with E-state index >= 15 is 0 Å². The van der Waals surface area contributed by atoms with Crippen LogP contribution in [0.4, 0.5) is 4.79 Å². The van der Waals surface area contributed by atoms with Crippen LogP contribution in [0.25, 0.3) is 0 Å². The number of hydrogen-bond acceptors (Lipinski definition) is 4. The molecule has 0 aromatic rings. The molecule has 1 saturated heterocycles. The summed E-state index contributed by atoms with van der Waals surface area (Å²) in [6.45, 7) is 0. The molecule has 2 fully saturated rings. The maximum atomic E-state index is 11.9. The summed E-state index contributed by atoms with van der Waals surface area (Å²) in [7, 11) is 3.12. The third kappa shape index (κ3) is 1.33. The van der Waals surface area contributed by atoms with Gasteiger partial charge in [-0.25, -0.2) is 14.8 Å². The van der Waals surface area contributed by atoms with Crippen LogP contribution in [0.1, 0.15) is 19.3 Å². The van der Waals surface area contributed by atoms with Crippen molar-refractivity contribution < 1.29 is 9.59 Å². The summed E-state index contributed by atoms with van der Waals surface area (Å²) >= 11 is 0. The van der Waals surface area contributed by atoms with E-state index in [0.29, 0.717) is 11.6 Å². The number of carbonyl (C=O) groups is 2. The fourth-order valence-electron chi connectivity index (χ4n) is 2.29. The molecule has 3 aliphatic rings. The fourth-order valence-corrected chi connectivity index (χ4v) is 2.29. The van der Waals surface area contributed by atoms with Gasteiger partial charge >= 0.3 is 6.03 Å². The Bertz CT molecular complexity index is 464. The van der Waals surface area contributed by atoms with Crippen molar-refractivity contribution in [2.75, 3.05) is 14.1 Å². The van der Waals surface area contributed by atoms with Crippen molar-refractivity contribution in [3.8, 4) is 0 Å². The second kappa shape index (κ2) is 3.38. The molecule has 1 aliphatic carbocycles. The topological polar surface area (TPSA) is 65.3 Å². The highest BCUT2D eigenvalue weighted by Crippen LogP contribution is 2.31. The standard InChI is InChI=1S/C11H14N4O2/c1-14-9-7(10(16)15(2)11(14)17)12-8(13-9)6-4-3-5-6/h6,9H,3-5H2,1-2H3. The van der Waals surface area contributed by atoms with Gasteiger partial charge in [0.15, 0.2) is 11.9 Å². The first-order chi connectivity index (χ1) is 8.09. The monoisotopic (exact) mass is 234 g/mol. The summed E-state index contributed by atoms with van der Waals surface area (Å²) in [5, 5.41) is 0. The molecule has 6 nitrogen and oxygen atoms in total. The van der Waals surface area contributed by atoms with Gasteiger partial charge in [-0.1, -0.05) is 6.42 Å². The van der Waals surface area contributed by atoms with Crippen molar-refractivity contribution in [1.29, 1.82) is 0 Å². The van der Waals surface area contributed by atoms with Gasteiger partial charge < -0.3 is 0 Å². The maximum absolute atomic E-state index is 11.9. The number of urea groups is 1. The first-order valence-corrected chi connectivity index (χ1v) is 5.80. The van der Waals surface area contributed by atoms with Crippen molar-refractivity contribution in [3.05, 3.63) is 0 Å². The van der Waals surface area contributed by atoms with Crippen molar-refractivity contribution in [2.45, 2.75) is 25.4 Å². The molecule has 3 rings (SSSR count). The Morgan fingerprint density at radius 1 is 1.24 bits per heavy atom. The van der Waals surface area contributed by atoms with E-state index in [4.69, 9.17) is 0 Å². The number of aliphatic imine (C=N–C) groups is 2. The van der Waals surface area contributed by atoms with Crippen LogP contribution in [0.15, 0.2) is 9.98 Å². The number of rotatable bonds is 1. The lowest BCUT2D eigenvalue weighted by Crippen LogP contribution is -2.58. The number of amidine groups is 1. The zero-order valence-electron chi connectivity index (χ0n) is 9.88. The second-order valence-corrected chi connectivity index (χ2v) is 4.74. The van der Waals surface area contributed by atoms with E-state index in [1.807, 2.05) is 0 Å². The summed E-state index contributed by atoms with van der Waals surface area (Å²) in [6.07, 6.45) is 2.87. The highest BCUT2D eigenvalue weighted by molar-refractivity contribution is 6.47. The quantitative estimate of drug-likeness (QED) is 0.662. The van der Waals surface area contributed by atoms with Crippen molar-refractivity contribution in [1.82, 2.24) is 9.80 Å². The first kappa shape index (κ1) is 10.4. The Morgan fingerprint density at radius 3 is 2.53 bits per heavy atom. The molecule has 17 heavy (non-hydrogen) atoms. The molecule has 0 bridgehead atoms. The summed E-state index contributed by atoms with van der Waals surface area (Å²) in [6, 6.07) is -0.322. The normalized spacial score (nSPS) is 28.9. The second-order valence-electron chi connectivity index (χ2n) is 4.74. The number of hydrogen-bond donors (Lipinski definition) is 0. The molecule has 0 radical (unpaired) electrons. The predicted molar refractivity (Wildman–Crippen MR) is 61.9 cm³/mol. The minimum Gasteiger partial charge on any atom is -0.299 e. The Labute approximate surface area is 99.0 Å². The maximum Gasteiger partial charge on any atom is 0.328 e. The average molecular weight is 234 g/mol. The molecule has 3 amide bonds. The zero-order chi connectivity index (χ0) is 12.2. The van der Waals surface area contributed by atoms with Gasteiger partial charge in [-0.2, -0.15) is 0 Å². The van der Waals surface area contributed by atoms with Crippen LogP contribution in [-0.4, -0.2) is 53.5 Å². The van der Waals surface area contributed by atoms with Gasteiger partial charge in [0.25, 0.3) is 5.91 Å². The number of nitrogens with zero attached hydrogens (tertiary/aromatic N) is 4. The smallest absolute Gasteiger partial charge is 0.299 e. The summed E-state index contributed by atoms with van der Waals surface area (Å²) < 4.78 is 0. The molecule has 0 aromatic heterocycles. The van der Waals surface area contributed by atoms with Gasteiger partial charge in [0.05, 0.1) is 0 Å². The van der Waals surface area contributed by atoms with Crippen LogP contribution in [-0.2, 0) is 4.79 Å². The molecule has 90 valence electrons.